The SMILES string of the molecule is CCN(CC)C(=O)c1cccc2c1CN(c1csc(-c3ccncc3)n1)C(=O)N2. The molecule has 8 heteroatoms. The summed E-state index contributed by atoms with van der Waals surface area (Å²) in [5, 5.41) is 5.57. The van der Waals surface area contributed by atoms with E-state index in [1.807, 2.05) is 43.5 Å². The average Bonchev–Trinajstić information content (AvgIpc) is 3.24. The Kier molecular flexibility index (Phi) is 5.26. The molecule has 0 aliphatic carbocycles. The molecule has 0 saturated carbocycles. The van der Waals surface area contributed by atoms with Crippen LogP contribution in [0.2, 0.25) is 0 Å². The number of hydrogen-bond acceptors (Lipinski definition) is 5. The minimum absolute atomic E-state index is 0.0290. The van der Waals surface area contributed by atoms with Gasteiger partial charge in [-0.05, 0) is 38.1 Å². The molecular weight excluding hydrogens is 386 g/mol. The van der Waals surface area contributed by atoms with Crippen molar-refractivity contribution in [3.05, 3.63) is 59.2 Å². The summed E-state index contributed by atoms with van der Waals surface area (Å²) < 4.78 is 0. The number of urea groups is 1. The predicted molar refractivity (Wildman–Crippen MR) is 114 cm³/mol. The second-order valence-electron chi connectivity index (χ2n) is 6.57. The number of anilines is 2. The molecule has 0 atom stereocenters. The highest BCUT2D eigenvalue weighted by atomic mass is 32.1. The molecule has 1 aliphatic rings. The van der Waals surface area contributed by atoms with E-state index < -0.39 is 0 Å². The fourth-order valence-corrected chi connectivity index (χ4v) is 4.19. The number of aromatic nitrogens is 2. The van der Waals surface area contributed by atoms with Gasteiger partial charge in [-0.2, -0.15) is 0 Å². The molecule has 1 aliphatic heterocycles. The predicted octanol–water partition coefficient (Wildman–Crippen LogP) is 4.24. The maximum Gasteiger partial charge on any atom is 0.327 e. The largest absolute Gasteiger partial charge is 0.339 e. The van der Waals surface area contributed by atoms with Gasteiger partial charge in [0.1, 0.15) is 10.8 Å². The third-order valence-electron chi connectivity index (χ3n) is 4.96. The van der Waals surface area contributed by atoms with E-state index in [0.717, 1.165) is 16.1 Å². The van der Waals surface area contributed by atoms with Crippen molar-refractivity contribution in [2.24, 2.45) is 0 Å². The number of thiazole rings is 1. The van der Waals surface area contributed by atoms with E-state index in [2.05, 4.69) is 15.3 Å². The monoisotopic (exact) mass is 407 g/mol. The van der Waals surface area contributed by atoms with Crippen LogP contribution >= 0.6 is 11.3 Å². The quantitative estimate of drug-likeness (QED) is 0.686. The van der Waals surface area contributed by atoms with Crippen LogP contribution in [0.1, 0.15) is 29.8 Å². The number of carbonyl (C=O) groups excluding carboxylic acids is 2. The van der Waals surface area contributed by atoms with Crippen LogP contribution in [-0.4, -0.2) is 39.9 Å². The van der Waals surface area contributed by atoms with Gasteiger partial charge >= 0.3 is 6.03 Å². The average molecular weight is 407 g/mol. The first-order chi connectivity index (χ1) is 14.1. The minimum Gasteiger partial charge on any atom is -0.339 e. The van der Waals surface area contributed by atoms with Crippen LogP contribution in [0, 0.1) is 0 Å². The molecule has 3 aromatic rings. The summed E-state index contributed by atoms with van der Waals surface area (Å²) in [5.41, 5.74) is 3.04. The molecule has 0 spiro atoms. The molecular formula is C21H21N5O2S. The third kappa shape index (κ3) is 3.58. The molecule has 0 unspecified atom stereocenters. The van der Waals surface area contributed by atoms with Gasteiger partial charge in [0.25, 0.3) is 5.91 Å². The molecule has 1 aromatic carbocycles. The van der Waals surface area contributed by atoms with Crippen LogP contribution in [0.15, 0.2) is 48.1 Å². The fourth-order valence-electron chi connectivity index (χ4n) is 3.37. The first kappa shape index (κ1) is 19.1. The van der Waals surface area contributed by atoms with E-state index >= 15 is 0 Å². The Balaban J connectivity index is 1.67. The summed E-state index contributed by atoms with van der Waals surface area (Å²) in [5.74, 6) is 0.536. The van der Waals surface area contributed by atoms with Gasteiger partial charge in [-0.25, -0.2) is 9.78 Å². The lowest BCUT2D eigenvalue weighted by molar-refractivity contribution is 0.0772. The number of nitrogens with one attached hydrogen (secondary N) is 1. The van der Waals surface area contributed by atoms with E-state index in [4.69, 9.17) is 0 Å². The number of fused-ring (bicyclic) bond motifs is 1. The van der Waals surface area contributed by atoms with Crippen LogP contribution in [0.5, 0.6) is 0 Å². The molecule has 0 fully saturated rings. The molecule has 7 nitrogen and oxygen atoms in total. The van der Waals surface area contributed by atoms with Crippen molar-refractivity contribution in [1.29, 1.82) is 0 Å². The van der Waals surface area contributed by atoms with Crippen LogP contribution in [0.4, 0.5) is 16.3 Å². The lowest BCUT2D eigenvalue weighted by Crippen LogP contribution is -2.40. The van der Waals surface area contributed by atoms with Gasteiger partial charge in [0.15, 0.2) is 0 Å². The first-order valence-corrected chi connectivity index (χ1v) is 10.4. The zero-order chi connectivity index (χ0) is 20.4. The Morgan fingerprint density at radius 2 is 1.97 bits per heavy atom. The summed E-state index contributed by atoms with van der Waals surface area (Å²) in [7, 11) is 0. The van der Waals surface area contributed by atoms with Crippen molar-refractivity contribution >= 4 is 34.8 Å². The van der Waals surface area contributed by atoms with Gasteiger partial charge in [-0.3, -0.25) is 14.7 Å². The maximum absolute atomic E-state index is 13.0. The Bertz CT molecular complexity index is 1050. The van der Waals surface area contributed by atoms with E-state index in [9.17, 15) is 9.59 Å². The van der Waals surface area contributed by atoms with E-state index in [1.54, 1.807) is 28.3 Å². The first-order valence-electron chi connectivity index (χ1n) is 9.48. The zero-order valence-electron chi connectivity index (χ0n) is 16.3. The normalized spacial score (nSPS) is 13.0. The van der Waals surface area contributed by atoms with Crippen LogP contribution in [-0.2, 0) is 6.54 Å². The van der Waals surface area contributed by atoms with Crippen molar-refractivity contribution in [2.45, 2.75) is 20.4 Å². The topological polar surface area (TPSA) is 78.4 Å². The number of rotatable bonds is 5. The Hall–Kier alpha value is -3.26. The number of pyridine rings is 1. The molecule has 4 rings (SSSR count). The second kappa shape index (κ2) is 8.00. The van der Waals surface area contributed by atoms with Crippen LogP contribution < -0.4 is 10.2 Å². The number of hydrogen-bond donors (Lipinski definition) is 1. The van der Waals surface area contributed by atoms with Gasteiger partial charge in [0.2, 0.25) is 0 Å². The summed E-state index contributed by atoms with van der Waals surface area (Å²) in [6, 6.07) is 8.96. The summed E-state index contributed by atoms with van der Waals surface area (Å²) in [6.07, 6.45) is 3.43. The molecule has 148 valence electrons. The van der Waals surface area contributed by atoms with Crippen molar-refractivity contribution in [2.75, 3.05) is 23.3 Å². The summed E-state index contributed by atoms with van der Waals surface area (Å²) in [6.45, 7) is 5.48. The van der Waals surface area contributed by atoms with Crippen molar-refractivity contribution in [1.82, 2.24) is 14.9 Å². The second-order valence-corrected chi connectivity index (χ2v) is 7.43. The van der Waals surface area contributed by atoms with Gasteiger partial charge in [-0.15, -0.1) is 11.3 Å². The highest BCUT2D eigenvalue weighted by Crippen LogP contribution is 2.33. The smallest absolute Gasteiger partial charge is 0.327 e. The van der Waals surface area contributed by atoms with Crippen molar-refractivity contribution in [3.63, 3.8) is 0 Å². The highest BCUT2D eigenvalue weighted by Gasteiger charge is 2.29. The standard InChI is InChI=1S/C21H21N5O2S/c1-3-25(4-2)20(27)15-6-5-7-17-16(15)12-26(21(28)23-17)18-13-29-19(24-18)14-8-10-22-11-9-14/h5-11,13H,3-4,12H2,1-2H3,(H,23,28). The van der Waals surface area contributed by atoms with E-state index in [-0.39, 0.29) is 11.9 Å². The van der Waals surface area contributed by atoms with Crippen LogP contribution in [0.25, 0.3) is 10.6 Å². The molecule has 0 radical (unpaired) electrons. The molecule has 0 bridgehead atoms. The van der Waals surface area contributed by atoms with Crippen LogP contribution in [0.3, 0.4) is 0 Å². The zero-order valence-corrected chi connectivity index (χ0v) is 17.1. The lowest BCUT2D eigenvalue weighted by atomic mass is 10.0. The van der Waals surface area contributed by atoms with E-state index in [0.29, 0.717) is 36.7 Å². The Labute approximate surface area is 173 Å². The third-order valence-corrected chi connectivity index (χ3v) is 5.83. The van der Waals surface area contributed by atoms with Crippen molar-refractivity contribution in [3.8, 4) is 10.6 Å². The summed E-state index contributed by atoms with van der Waals surface area (Å²) in [4.78, 5) is 37.7. The van der Waals surface area contributed by atoms with E-state index in [1.165, 1.54) is 11.3 Å². The number of benzene rings is 1. The molecule has 1 N–H and O–H groups in total. The lowest BCUT2D eigenvalue weighted by Gasteiger charge is -2.30. The molecule has 3 heterocycles. The molecule has 29 heavy (non-hydrogen) atoms. The fraction of sp³-hybridized carbons (Fsp3) is 0.238. The Morgan fingerprint density at radius 3 is 2.69 bits per heavy atom. The molecule has 0 saturated heterocycles. The number of carbonyl (C=O) groups is 2. The number of amides is 3. The molecule has 2 aromatic heterocycles. The highest BCUT2D eigenvalue weighted by molar-refractivity contribution is 7.13. The van der Waals surface area contributed by atoms with Gasteiger partial charge in [0, 0.05) is 53.2 Å². The molecule has 3 amide bonds. The van der Waals surface area contributed by atoms with Gasteiger partial charge < -0.3 is 10.2 Å². The summed E-state index contributed by atoms with van der Waals surface area (Å²) >= 11 is 1.47. The Morgan fingerprint density at radius 1 is 1.21 bits per heavy atom. The number of nitrogens with zero attached hydrogens (tertiary/aromatic N) is 4. The van der Waals surface area contributed by atoms with Gasteiger partial charge in [0.05, 0.1) is 6.54 Å². The minimum atomic E-state index is -0.253. The van der Waals surface area contributed by atoms with Gasteiger partial charge in [-0.1, -0.05) is 6.07 Å². The van der Waals surface area contributed by atoms with Crippen molar-refractivity contribution < 1.29 is 9.59 Å². The maximum atomic E-state index is 13.0.